The van der Waals surface area contributed by atoms with Gasteiger partial charge in [0.2, 0.25) is 0 Å². The second-order valence-corrected chi connectivity index (χ2v) is 2.95. The summed E-state index contributed by atoms with van der Waals surface area (Å²) in [6.07, 6.45) is 0.740. The van der Waals surface area contributed by atoms with Crippen LogP contribution in [0.4, 0.5) is 8.78 Å². The fourth-order valence-electron chi connectivity index (χ4n) is 0.827. The largest absolute Gasteiger partial charge is 0.490 e. The molecule has 0 aliphatic carbocycles. The summed E-state index contributed by atoms with van der Waals surface area (Å²) >= 11 is 5.35. The number of benzene rings is 1. The van der Waals surface area contributed by atoms with Crippen molar-refractivity contribution in [2.45, 2.75) is 13.3 Å². The highest BCUT2D eigenvalue weighted by atomic mass is 35.5. The third-order valence-corrected chi connectivity index (χ3v) is 1.73. The second-order valence-electron chi connectivity index (χ2n) is 2.55. The van der Waals surface area contributed by atoms with Gasteiger partial charge in [0.25, 0.3) is 0 Å². The first-order chi connectivity index (χ1) is 6.15. The monoisotopic (exact) mass is 206 g/mol. The summed E-state index contributed by atoms with van der Waals surface area (Å²) in [5.74, 6) is -1.40. The fourth-order valence-corrected chi connectivity index (χ4v) is 0.977. The highest BCUT2D eigenvalue weighted by Gasteiger charge is 2.08. The van der Waals surface area contributed by atoms with Crippen LogP contribution in [0.1, 0.15) is 13.3 Å². The van der Waals surface area contributed by atoms with Crippen molar-refractivity contribution in [1.29, 1.82) is 0 Å². The zero-order chi connectivity index (χ0) is 9.84. The Labute approximate surface area is 80.3 Å². The van der Waals surface area contributed by atoms with E-state index in [1.165, 1.54) is 0 Å². The van der Waals surface area contributed by atoms with Gasteiger partial charge in [-0.05, 0) is 12.5 Å². The smallest absolute Gasteiger partial charge is 0.166 e. The molecular formula is C9H9ClF2O. The Morgan fingerprint density at radius 3 is 2.62 bits per heavy atom. The predicted octanol–water partition coefficient (Wildman–Crippen LogP) is 3.41. The van der Waals surface area contributed by atoms with Crippen LogP contribution in [0.2, 0.25) is 5.02 Å². The topological polar surface area (TPSA) is 9.23 Å². The molecule has 0 aliphatic heterocycles. The molecule has 1 rings (SSSR count). The maximum atomic E-state index is 13.0. The Morgan fingerprint density at radius 2 is 2.00 bits per heavy atom. The lowest BCUT2D eigenvalue weighted by molar-refractivity contribution is 0.299. The highest BCUT2D eigenvalue weighted by molar-refractivity contribution is 6.30. The zero-order valence-electron chi connectivity index (χ0n) is 7.11. The number of hydrogen-bond acceptors (Lipinski definition) is 1. The van der Waals surface area contributed by atoms with Crippen LogP contribution in [-0.2, 0) is 0 Å². The first-order valence-electron chi connectivity index (χ1n) is 3.92. The van der Waals surface area contributed by atoms with Crippen molar-refractivity contribution in [1.82, 2.24) is 0 Å². The van der Waals surface area contributed by atoms with Crippen LogP contribution >= 0.6 is 11.6 Å². The van der Waals surface area contributed by atoms with E-state index in [1.807, 2.05) is 6.92 Å². The average Bonchev–Trinajstić information content (AvgIpc) is 2.09. The molecule has 0 N–H and O–H groups in total. The van der Waals surface area contributed by atoms with Crippen LogP contribution < -0.4 is 4.74 Å². The van der Waals surface area contributed by atoms with E-state index in [2.05, 4.69) is 0 Å². The van der Waals surface area contributed by atoms with Gasteiger partial charge in [-0.2, -0.15) is 0 Å². The SMILES string of the molecule is CCCOc1cc(F)c(Cl)cc1F. The van der Waals surface area contributed by atoms with Crippen molar-refractivity contribution >= 4 is 11.6 Å². The molecule has 0 spiro atoms. The molecule has 0 unspecified atom stereocenters. The number of hydrogen-bond donors (Lipinski definition) is 0. The minimum Gasteiger partial charge on any atom is -0.490 e. The summed E-state index contributed by atoms with van der Waals surface area (Å²) < 4.78 is 30.7. The van der Waals surface area contributed by atoms with Gasteiger partial charge < -0.3 is 4.74 Å². The summed E-state index contributed by atoms with van der Waals surface area (Å²) in [6, 6.07) is 1.86. The molecule has 0 atom stereocenters. The molecule has 13 heavy (non-hydrogen) atoms. The highest BCUT2D eigenvalue weighted by Crippen LogP contribution is 2.24. The standard InChI is InChI=1S/C9H9ClF2O/c1-2-3-13-9-5-7(11)6(10)4-8(9)12/h4-5H,2-3H2,1H3. The zero-order valence-corrected chi connectivity index (χ0v) is 7.87. The lowest BCUT2D eigenvalue weighted by atomic mass is 10.3. The van der Waals surface area contributed by atoms with Crippen LogP contribution in [0.25, 0.3) is 0 Å². The van der Waals surface area contributed by atoms with Gasteiger partial charge in [-0.15, -0.1) is 0 Å². The van der Waals surface area contributed by atoms with Crippen LogP contribution in [0.5, 0.6) is 5.75 Å². The predicted molar refractivity (Wildman–Crippen MR) is 47.2 cm³/mol. The van der Waals surface area contributed by atoms with Gasteiger partial charge in [0.15, 0.2) is 11.6 Å². The summed E-state index contributed by atoms with van der Waals surface area (Å²) in [7, 11) is 0. The third kappa shape index (κ3) is 2.56. The molecule has 0 bridgehead atoms. The molecule has 0 aliphatic rings. The quantitative estimate of drug-likeness (QED) is 0.689. The van der Waals surface area contributed by atoms with Crippen molar-refractivity contribution in [3.8, 4) is 5.75 Å². The van der Waals surface area contributed by atoms with E-state index in [0.29, 0.717) is 6.61 Å². The summed E-state index contributed by atoms with van der Waals surface area (Å²) in [5, 5.41) is -0.235. The number of rotatable bonds is 3. The molecular weight excluding hydrogens is 198 g/mol. The molecule has 1 aromatic rings. The molecule has 72 valence electrons. The molecule has 0 radical (unpaired) electrons. The summed E-state index contributed by atoms with van der Waals surface area (Å²) in [6.45, 7) is 2.24. The van der Waals surface area contributed by atoms with Gasteiger partial charge in [0.05, 0.1) is 11.6 Å². The first kappa shape index (κ1) is 10.3. The van der Waals surface area contributed by atoms with E-state index in [1.54, 1.807) is 0 Å². The summed E-state index contributed by atoms with van der Waals surface area (Å²) in [5.41, 5.74) is 0. The Kier molecular flexibility index (Phi) is 3.48. The second kappa shape index (κ2) is 4.42. The molecule has 0 saturated heterocycles. The van der Waals surface area contributed by atoms with Crippen molar-refractivity contribution in [3.05, 3.63) is 28.8 Å². The molecule has 0 aromatic heterocycles. The molecule has 1 aromatic carbocycles. The van der Waals surface area contributed by atoms with Crippen molar-refractivity contribution in [2.24, 2.45) is 0 Å². The first-order valence-corrected chi connectivity index (χ1v) is 4.30. The molecule has 4 heteroatoms. The van der Waals surface area contributed by atoms with Gasteiger partial charge in [-0.25, -0.2) is 8.78 Å². The van der Waals surface area contributed by atoms with E-state index in [4.69, 9.17) is 16.3 Å². The van der Waals surface area contributed by atoms with Crippen LogP contribution in [0.15, 0.2) is 12.1 Å². The fraction of sp³-hybridized carbons (Fsp3) is 0.333. The van der Waals surface area contributed by atoms with E-state index < -0.39 is 11.6 Å². The molecule has 0 amide bonds. The Hall–Kier alpha value is -0.830. The normalized spacial score (nSPS) is 10.2. The van der Waals surface area contributed by atoms with E-state index in [0.717, 1.165) is 18.6 Å². The van der Waals surface area contributed by atoms with Crippen molar-refractivity contribution in [3.63, 3.8) is 0 Å². The minimum atomic E-state index is -0.672. The number of ether oxygens (including phenoxy) is 1. The van der Waals surface area contributed by atoms with Crippen molar-refractivity contribution in [2.75, 3.05) is 6.61 Å². The summed E-state index contributed by atoms with van der Waals surface area (Å²) in [4.78, 5) is 0. The lowest BCUT2D eigenvalue weighted by Crippen LogP contribution is -1.98. The van der Waals surface area contributed by atoms with E-state index >= 15 is 0 Å². The molecule has 1 nitrogen and oxygen atoms in total. The Bertz CT molecular complexity index is 302. The van der Waals surface area contributed by atoms with Crippen molar-refractivity contribution < 1.29 is 13.5 Å². The van der Waals surface area contributed by atoms with E-state index in [-0.39, 0.29) is 10.8 Å². The van der Waals surface area contributed by atoms with E-state index in [9.17, 15) is 8.78 Å². The minimum absolute atomic E-state index is 0.0937. The molecule has 0 heterocycles. The maximum absolute atomic E-state index is 13.0. The Balaban J connectivity index is 2.88. The van der Waals surface area contributed by atoms with Crippen LogP contribution in [0.3, 0.4) is 0 Å². The van der Waals surface area contributed by atoms with Gasteiger partial charge in [-0.3, -0.25) is 0 Å². The van der Waals surface area contributed by atoms with Gasteiger partial charge >= 0.3 is 0 Å². The third-order valence-electron chi connectivity index (χ3n) is 1.44. The van der Waals surface area contributed by atoms with Crippen LogP contribution in [0, 0.1) is 11.6 Å². The average molecular weight is 207 g/mol. The lowest BCUT2D eigenvalue weighted by Gasteiger charge is -2.06. The van der Waals surface area contributed by atoms with Gasteiger partial charge in [0.1, 0.15) is 5.82 Å². The number of halogens is 3. The van der Waals surface area contributed by atoms with Gasteiger partial charge in [0, 0.05) is 6.07 Å². The van der Waals surface area contributed by atoms with Crippen LogP contribution in [-0.4, -0.2) is 6.61 Å². The molecule has 0 saturated carbocycles. The maximum Gasteiger partial charge on any atom is 0.166 e. The molecule has 0 fully saturated rings. The van der Waals surface area contributed by atoms with Gasteiger partial charge in [-0.1, -0.05) is 18.5 Å². The Morgan fingerprint density at radius 1 is 1.31 bits per heavy atom.